The van der Waals surface area contributed by atoms with E-state index >= 15 is 0 Å². The van der Waals surface area contributed by atoms with Crippen LogP contribution in [-0.4, -0.2) is 117 Å². The monoisotopic (exact) mass is 667 g/mol. The number of carbonyl (C=O) groups excluding carboxylic acids is 1. The molecule has 0 spiro atoms. The van der Waals surface area contributed by atoms with Crippen LogP contribution >= 0.6 is 15.9 Å². The van der Waals surface area contributed by atoms with Crippen LogP contribution < -0.4 is 5.32 Å². The molecule has 11 heteroatoms. The lowest BCUT2D eigenvalue weighted by Gasteiger charge is -2.14. The fourth-order valence-electron chi connectivity index (χ4n) is 4.49. The van der Waals surface area contributed by atoms with Crippen molar-refractivity contribution in [2.45, 2.75) is 12.3 Å². The van der Waals surface area contributed by atoms with Crippen molar-refractivity contribution in [3.63, 3.8) is 0 Å². The van der Waals surface area contributed by atoms with Gasteiger partial charge in [0.2, 0.25) is 0 Å². The van der Waals surface area contributed by atoms with Gasteiger partial charge in [-0.2, -0.15) is 0 Å². The molecule has 3 rings (SSSR count). The molecule has 240 valence electrons. The number of alkyl halides is 1. The SMILES string of the molecule is O=C(NCCCOCCOCCOCCOCCOCCOCCOCCBr)OCC1c2ccccc2-c2ccccc21. The van der Waals surface area contributed by atoms with Gasteiger partial charge in [0.1, 0.15) is 6.61 Å². The summed E-state index contributed by atoms with van der Waals surface area (Å²) in [6.45, 7) is 8.33. The third-order valence-corrected chi connectivity index (χ3v) is 6.86. The van der Waals surface area contributed by atoms with Gasteiger partial charge in [0, 0.05) is 24.4 Å². The number of amides is 1. The molecule has 0 atom stereocenters. The number of rotatable bonds is 26. The Balaban J connectivity index is 1.03. The quantitative estimate of drug-likeness (QED) is 0.115. The largest absolute Gasteiger partial charge is 0.449 e. The van der Waals surface area contributed by atoms with Gasteiger partial charge in [-0.15, -0.1) is 0 Å². The highest BCUT2D eigenvalue weighted by atomic mass is 79.9. The average molecular weight is 669 g/mol. The van der Waals surface area contributed by atoms with Crippen LogP contribution in [0.5, 0.6) is 0 Å². The Kier molecular flexibility index (Phi) is 19.2. The topological polar surface area (TPSA) is 103 Å². The van der Waals surface area contributed by atoms with Gasteiger partial charge in [-0.3, -0.25) is 0 Å². The van der Waals surface area contributed by atoms with Crippen molar-refractivity contribution in [3.05, 3.63) is 59.7 Å². The van der Waals surface area contributed by atoms with E-state index in [-0.39, 0.29) is 5.92 Å². The van der Waals surface area contributed by atoms with Crippen LogP contribution in [0.25, 0.3) is 11.1 Å². The number of nitrogens with one attached hydrogen (secondary N) is 1. The van der Waals surface area contributed by atoms with E-state index in [0.717, 1.165) is 5.33 Å². The molecule has 0 radical (unpaired) electrons. The van der Waals surface area contributed by atoms with Crippen LogP contribution in [0.3, 0.4) is 0 Å². The van der Waals surface area contributed by atoms with Gasteiger partial charge in [-0.1, -0.05) is 64.5 Å². The number of benzene rings is 2. The lowest BCUT2D eigenvalue weighted by Crippen LogP contribution is -2.27. The molecule has 1 aliphatic rings. The highest BCUT2D eigenvalue weighted by Gasteiger charge is 2.28. The Morgan fingerprint density at radius 1 is 0.581 bits per heavy atom. The third kappa shape index (κ3) is 14.5. The van der Waals surface area contributed by atoms with Gasteiger partial charge < -0.3 is 43.2 Å². The molecule has 1 amide bonds. The average Bonchev–Trinajstić information content (AvgIpc) is 3.35. The van der Waals surface area contributed by atoms with E-state index in [1.807, 2.05) is 24.3 Å². The predicted molar refractivity (Wildman–Crippen MR) is 167 cm³/mol. The first-order valence-electron chi connectivity index (χ1n) is 15.0. The van der Waals surface area contributed by atoms with E-state index in [4.69, 9.17) is 37.9 Å². The zero-order chi connectivity index (χ0) is 30.2. The number of ether oxygens (including phenoxy) is 8. The molecule has 2 aromatic rings. The molecule has 0 saturated heterocycles. The normalized spacial score (nSPS) is 12.3. The lowest BCUT2D eigenvalue weighted by molar-refractivity contribution is -0.0200. The molecular formula is C32H46BrNO9. The van der Waals surface area contributed by atoms with Crippen LogP contribution in [0.15, 0.2) is 48.5 Å². The molecule has 0 saturated carbocycles. The van der Waals surface area contributed by atoms with E-state index in [1.165, 1.54) is 22.3 Å². The van der Waals surface area contributed by atoms with E-state index in [0.29, 0.717) is 112 Å². The zero-order valence-corrected chi connectivity index (χ0v) is 26.6. The van der Waals surface area contributed by atoms with Gasteiger partial charge in [-0.25, -0.2) is 4.79 Å². The van der Waals surface area contributed by atoms with Crippen LogP contribution in [0, 0.1) is 0 Å². The summed E-state index contributed by atoms with van der Waals surface area (Å²) >= 11 is 3.30. The summed E-state index contributed by atoms with van der Waals surface area (Å²) in [5.41, 5.74) is 4.83. The van der Waals surface area contributed by atoms with Crippen molar-refractivity contribution in [1.82, 2.24) is 5.32 Å². The highest BCUT2D eigenvalue weighted by molar-refractivity contribution is 9.09. The fraction of sp³-hybridized carbons (Fsp3) is 0.594. The molecule has 0 heterocycles. The summed E-state index contributed by atoms with van der Waals surface area (Å²) < 4.78 is 43.7. The first-order chi connectivity index (χ1) is 21.3. The summed E-state index contributed by atoms with van der Waals surface area (Å²) in [4.78, 5) is 12.2. The fourth-order valence-corrected chi connectivity index (χ4v) is 4.72. The number of hydrogen-bond acceptors (Lipinski definition) is 9. The molecule has 0 aromatic heterocycles. The number of carbonyl (C=O) groups is 1. The van der Waals surface area contributed by atoms with E-state index in [9.17, 15) is 4.79 Å². The lowest BCUT2D eigenvalue weighted by atomic mass is 9.98. The van der Waals surface area contributed by atoms with Crippen molar-refractivity contribution in [3.8, 4) is 11.1 Å². The van der Waals surface area contributed by atoms with Gasteiger partial charge in [-0.05, 0) is 28.7 Å². The van der Waals surface area contributed by atoms with Gasteiger partial charge in [0.25, 0.3) is 0 Å². The Morgan fingerprint density at radius 3 is 1.42 bits per heavy atom. The second-order valence-corrected chi connectivity index (χ2v) is 10.4. The number of hydrogen-bond donors (Lipinski definition) is 1. The van der Waals surface area contributed by atoms with E-state index < -0.39 is 6.09 Å². The molecule has 0 aliphatic heterocycles. The molecule has 0 fully saturated rings. The van der Waals surface area contributed by atoms with Crippen molar-refractivity contribution in [2.75, 3.05) is 111 Å². The Labute approximate surface area is 263 Å². The van der Waals surface area contributed by atoms with E-state index in [1.54, 1.807) is 0 Å². The number of halogens is 1. The van der Waals surface area contributed by atoms with Crippen LogP contribution in [-0.2, 0) is 37.9 Å². The summed E-state index contributed by atoms with van der Waals surface area (Å²) in [5, 5.41) is 3.64. The third-order valence-electron chi connectivity index (χ3n) is 6.53. The molecular weight excluding hydrogens is 622 g/mol. The predicted octanol–water partition coefficient (Wildman–Crippen LogP) is 4.43. The molecule has 1 N–H and O–H groups in total. The zero-order valence-electron chi connectivity index (χ0n) is 25.0. The van der Waals surface area contributed by atoms with Gasteiger partial charge in [0.05, 0.1) is 85.9 Å². The maximum Gasteiger partial charge on any atom is 0.407 e. The summed E-state index contributed by atoms with van der Waals surface area (Å²) in [7, 11) is 0. The number of alkyl carbamates (subject to hydrolysis) is 1. The minimum Gasteiger partial charge on any atom is -0.449 e. The van der Waals surface area contributed by atoms with Crippen molar-refractivity contribution < 1.29 is 42.7 Å². The standard InChI is InChI=1S/C32H46BrNO9/c33-10-13-37-15-17-39-19-21-41-23-25-42-24-22-40-20-18-38-16-14-36-12-5-11-34-32(35)43-26-31-29-8-3-1-6-27(29)28-7-2-4-9-30(28)31/h1-4,6-9,31H,5,10-26H2,(H,34,35). The first-order valence-corrected chi connectivity index (χ1v) is 16.1. The molecule has 1 aliphatic carbocycles. The summed E-state index contributed by atoms with van der Waals surface area (Å²) in [6, 6.07) is 16.6. The van der Waals surface area contributed by atoms with Crippen molar-refractivity contribution in [2.24, 2.45) is 0 Å². The Hall–Kier alpha value is -2.09. The molecule has 0 bridgehead atoms. The van der Waals surface area contributed by atoms with Crippen LogP contribution in [0.4, 0.5) is 4.79 Å². The Bertz CT molecular complexity index is 967. The molecule has 2 aromatic carbocycles. The van der Waals surface area contributed by atoms with Crippen molar-refractivity contribution in [1.29, 1.82) is 0 Å². The minimum absolute atomic E-state index is 0.0573. The highest BCUT2D eigenvalue weighted by Crippen LogP contribution is 2.44. The van der Waals surface area contributed by atoms with Crippen LogP contribution in [0.1, 0.15) is 23.5 Å². The maximum absolute atomic E-state index is 12.2. The van der Waals surface area contributed by atoms with Gasteiger partial charge >= 0.3 is 6.09 Å². The second kappa shape index (κ2) is 23.3. The summed E-state index contributed by atoms with van der Waals surface area (Å²) in [5.74, 6) is 0.0573. The molecule has 0 unspecified atom stereocenters. The second-order valence-electron chi connectivity index (χ2n) is 9.58. The maximum atomic E-state index is 12.2. The molecule has 10 nitrogen and oxygen atoms in total. The summed E-state index contributed by atoms with van der Waals surface area (Å²) in [6.07, 6.45) is 0.285. The Morgan fingerprint density at radius 2 is 0.977 bits per heavy atom. The molecule has 43 heavy (non-hydrogen) atoms. The first kappa shape index (κ1) is 35.4. The van der Waals surface area contributed by atoms with Crippen molar-refractivity contribution >= 4 is 22.0 Å². The minimum atomic E-state index is -0.409. The smallest absolute Gasteiger partial charge is 0.407 e. The van der Waals surface area contributed by atoms with Gasteiger partial charge in [0.15, 0.2) is 0 Å². The van der Waals surface area contributed by atoms with Crippen LogP contribution in [0.2, 0.25) is 0 Å². The van der Waals surface area contributed by atoms with E-state index in [2.05, 4.69) is 45.5 Å². The number of fused-ring (bicyclic) bond motifs is 3.